The van der Waals surface area contributed by atoms with Crippen molar-refractivity contribution in [1.82, 2.24) is 5.32 Å². The van der Waals surface area contributed by atoms with Gasteiger partial charge in [0.25, 0.3) is 0 Å². The zero-order chi connectivity index (χ0) is 23.2. The van der Waals surface area contributed by atoms with Crippen molar-refractivity contribution in [3.8, 4) is 23.3 Å². The molecule has 1 atom stereocenters. The van der Waals surface area contributed by atoms with E-state index in [1.54, 1.807) is 24.3 Å². The van der Waals surface area contributed by atoms with Gasteiger partial charge in [-0.05, 0) is 73.5 Å². The van der Waals surface area contributed by atoms with Crippen molar-refractivity contribution < 1.29 is 13.2 Å². The van der Waals surface area contributed by atoms with Crippen LogP contribution in [-0.4, -0.2) is 24.9 Å². The highest BCUT2D eigenvalue weighted by Gasteiger charge is 2.47. The summed E-state index contributed by atoms with van der Waals surface area (Å²) >= 11 is 7.36. The van der Waals surface area contributed by atoms with Crippen LogP contribution in [0.2, 0.25) is 5.02 Å². The maximum atomic E-state index is 13.6. The normalized spacial score (nSPS) is 17.8. The Kier molecular flexibility index (Phi) is 7.67. The fourth-order valence-corrected chi connectivity index (χ4v) is 7.41. The molecule has 1 N–H and O–H groups in total. The van der Waals surface area contributed by atoms with Gasteiger partial charge in [0.1, 0.15) is 15.6 Å². The molecule has 4 nitrogen and oxygen atoms in total. The number of benzene rings is 3. The summed E-state index contributed by atoms with van der Waals surface area (Å²) in [5.41, 5.74) is 0.899. The molecule has 0 aliphatic carbocycles. The number of thioether (sulfide) groups is 1. The highest BCUT2D eigenvalue weighted by Crippen LogP contribution is 2.43. The van der Waals surface area contributed by atoms with Gasteiger partial charge < -0.3 is 10.1 Å². The van der Waals surface area contributed by atoms with Crippen molar-refractivity contribution in [3.63, 3.8) is 0 Å². The minimum atomic E-state index is -3.55. The number of ether oxygens (including phenoxy) is 1. The third kappa shape index (κ3) is 5.74. The maximum absolute atomic E-state index is 13.6. The Bertz CT molecular complexity index is 1230. The van der Waals surface area contributed by atoms with Gasteiger partial charge in [-0.2, -0.15) is 0 Å². The third-order valence-electron chi connectivity index (χ3n) is 5.37. The Hall–Kier alpha value is -2.43. The molecule has 1 saturated heterocycles. The lowest BCUT2D eigenvalue weighted by Crippen LogP contribution is -2.38. The van der Waals surface area contributed by atoms with Crippen molar-refractivity contribution in [2.24, 2.45) is 0 Å². The first-order valence-electron chi connectivity index (χ1n) is 10.7. The predicted octanol–water partition coefficient (Wildman–Crippen LogP) is 6.12. The molecular weight excluding hydrogens is 474 g/mol. The van der Waals surface area contributed by atoms with Crippen LogP contribution in [0.15, 0.2) is 83.8 Å². The van der Waals surface area contributed by atoms with Gasteiger partial charge in [0.15, 0.2) is 9.84 Å². The van der Waals surface area contributed by atoms with E-state index in [1.807, 2.05) is 54.6 Å². The molecule has 1 fully saturated rings. The molecule has 0 amide bonds. The number of para-hydroxylation sites is 1. The molecule has 7 heteroatoms. The SMILES string of the molecule is O=S(=O)(c1ccc(Oc2ccccc2)cc1)C1(CCCC#Cc2ccc(Cl)cc2)CNCS1. The van der Waals surface area contributed by atoms with Crippen molar-refractivity contribution in [1.29, 1.82) is 0 Å². The second-order valence-electron chi connectivity index (χ2n) is 7.68. The van der Waals surface area contributed by atoms with E-state index in [-0.39, 0.29) is 0 Å². The molecule has 4 rings (SSSR count). The molecule has 1 aliphatic rings. The summed E-state index contributed by atoms with van der Waals surface area (Å²) in [4.78, 5) is 0.311. The van der Waals surface area contributed by atoms with E-state index in [4.69, 9.17) is 16.3 Å². The standard InChI is InChI=1S/C26H24ClNO3S2/c27-22-12-10-21(11-13-22)7-3-2-6-18-26(19-28-20-32-26)33(29,30)25-16-14-24(15-17-25)31-23-8-4-1-5-9-23/h1,4-5,8-17,28H,2,6,18-20H2. The molecule has 3 aromatic rings. The van der Waals surface area contributed by atoms with Crippen molar-refractivity contribution in [2.45, 2.75) is 28.2 Å². The molecule has 0 spiro atoms. The average molecular weight is 498 g/mol. The van der Waals surface area contributed by atoms with Crippen LogP contribution in [0.4, 0.5) is 0 Å². The zero-order valence-corrected chi connectivity index (χ0v) is 20.3. The number of nitrogens with one attached hydrogen (secondary N) is 1. The van der Waals surface area contributed by atoms with Gasteiger partial charge in [0.05, 0.1) is 4.90 Å². The summed E-state index contributed by atoms with van der Waals surface area (Å²) in [6.45, 7) is 0.423. The quantitative estimate of drug-likeness (QED) is 0.315. The largest absolute Gasteiger partial charge is 0.457 e. The Morgan fingerprint density at radius 2 is 1.67 bits per heavy atom. The van der Waals surface area contributed by atoms with E-state index in [0.717, 1.165) is 5.56 Å². The molecule has 1 unspecified atom stereocenters. The van der Waals surface area contributed by atoms with E-state index in [1.165, 1.54) is 11.8 Å². The van der Waals surface area contributed by atoms with E-state index in [2.05, 4.69) is 17.2 Å². The summed E-state index contributed by atoms with van der Waals surface area (Å²) in [6.07, 6.45) is 1.86. The number of unbranched alkanes of at least 4 members (excludes halogenated alkanes) is 1. The number of hydrogen-bond acceptors (Lipinski definition) is 5. The molecule has 0 radical (unpaired) electrons. The monoisotopic (exact) mass is 497 g/mol. The van der Waals surface area contributed by atoms with Crippen LogP contribution < -0.4 is 10.1 Å². The maximum Gasteiger partial charge on any atom is 0.194 e. The summed E-state index contributed by atoms with van der Waals surface area (Å²) in [5.74, 6) is 8.19. The second kappa shape index (κ2) is 10.7. The van der Waals surface area contributed by atoms with Crippen LogP contribution in [0.1, 0.15) is 24.8 Å². The van der Waals surface area contributed by atoms with Crippen LogP contribution in [0.5, 0.6) is 11.5 Å². The fourth-order valence-electron chi connectivity index (χ4n) is 3.61. The number of sulfone groups is 1. The Morgan fingerprint density at radius 1 is 0.970 bits per heavy atom. The predicted molar refractivity (Wildman–Crippen MR) is 136 cm³/mol. The molecule has 0 saturated carbocycles. The molecule has 33 heavy (non-hydrogen) atoms. The molecule has 1 aliphatic heterocycles. The lowest BCUT2D eigenvalue weighted by Gasteiger charge is -2.27. The molecule has 0 aromatic heterocycles. The highest BCUT2D eigenvalue weighted by atomic mass is 35.5. The van der Waals surface area contributed by atoms with Gasteiger partial charge in [0, 0.05) is 29.4 Å². The van der Waals surface area contributed by atoms with Crippen LogP contribution in [-0.2, 0) is 9.84 Å². The molecule has 0 bridgehead atoms. The first-order chi connectivity index (χ1) is 16.0. The second-order valence-corrected chi connectivity index (χ2v) is 12.0. The van der Waals surface area contributed by atoms with Crippen LogP contribution in [0.3, 0.4) is 0 Å². The summed E-state index contributed by atoms with van der Waals surface area (Å²) in [7, 11) is -3.55. The van der Waals surface area contributed by atoms with E-state index in [9.17, 15) is 8.42 Å². The van der Waals surface area contributed by atoms with Gasteiger partial charge in [-0.25, -0.2) is 8.42 Å². The molecule has 1 heterocycles. The van der Waals surface area contributed by atoms with Gasteiger partial charge in [-0.3, -0.25) is 0 Å². The first kappa shape index (κ1) is 23.7. The van der Waals surface area contributed by atoms with Gasteiger partial charge >= 0.3 is 0 Å². The Morgan fingerprint density at radius 3 is 2.33 bits per heavy atom. The number of halogens is 1. The molecular formula is C26H24ClNO3S2. The van der Waals surface area contributed by atoms with Gasteiger partial charge in [-0.15, -0.1) is 11.8 Å². The van der Waals surface area contributed by atoms with E-state index >= 15 is 0 Å². The average Bonchev–Trinajstić information content (AvgIpc) is 3.32. The van der Waals surface area contributed by atoms with Gasteiger partial charge in [-0.1, -0.05) is 41.6 Å². The smallest absolute Gasteiger partial charge is 0.194 e. The first-order valence-corrected chi connectivity index (χ1v) is 13.5. The van der Waals surface area contributed by atoms with Crippen LogP contribution in [0.25, 0.3) is 0 Å². The summed E-state index contributed by atoms with van der Waals surface area (Å²) in [5, 5.41) is 3.89. The lowest BCUT2D eigenvalue weighted by molar-refractivity contribution is 0.482. The molecule has 170 valence electrons. The van der Waals surface area contributed by atoms with Crippen LogP contribution >= 0.6 is 23.4 Å². The van der Waals surface area contributed by atoms with E-state index in [0.29, 0.717) is 53.1 Å². The highest BCUT2D eigenvalue weighted by molar-refractivity contribution is 8.15. The lowest BCUT2D eigenvalue weighted by atomic mass is 10.1. The zero-order valence-electron chi connectivity index (χ0n) is 18.0. The van der Waals surface area contributed by atoms with Crippen molar-refractivity contribution in [2.75, 3.05) is 12.4 Å². The number of rotatable bonds is 7. The van der Waals surface area contributed by atoms with Crippen molar-refractivity contribution >= 4 is 33.2 Å². The minimum absolute atomic E-state index is 0.311. The van der Waals surface area contributed by atoms with Crippen molar-refractivity contribution in [3.05, 3.63) is 89.4 Å². The van der Waals surface area contributed by atoms with Crippen LogP contribution in [0, 0.1) is 11.8 Å². The topological polar surface area (TPSA) is 55.4 Å². The fraction of sp³-hybridized carbons (Fsp3) is 0.231. The van der Waals surface area contributed by atoms with Gasteiger partial charge in [0.2, 0.25) is 0 Å². The minimum Gasteiger partial charge on any atom is -0.457 e. The Labute approximate surface area is 204 Å². The number of hydrogen-bond donors (Lipinski definition) is 1. The van der Waals surface area contributed by atoms with E-state index < -0.39 is 13.9 Å². The molecule has 3 aromatic carbocycles. The summed E-state index contributed by atoms with van der Waals surface area (Å²) in [6, 6.07) is 23.5. The summed E-state index contributed by atoms with van der Waals surface area (Å²) < 4.78 is 32.1. The third-order valence-corrected chi connectivity index (χ3v) is 10.1. The Balaban J connectivity index is 1.43.